The van der Waals surface area contributed by atoms with E-state index >= 15 is 0 Å². The van der Waals surface area contributed by atoms with Crippen LogP contribution in [0.1, 0.15) is 97.7 Å². The second-order valence-corrected chi connectivity index (χ2v) is 12.3. The molecule has 250 valence electrons. The van der Waals surface area contributed by atoms with E-state index in [0.717, 1.165) is 12.8 Å². The van der Waals surface area contributed by atoms with E-state index in [0.29, 0.717) is 16.9 Å². The summed E-state index contributed by atoms with van der Waals surface area (Å²) in [6.07, 6.45) is -2.14. The molecule has 2 aliphatic rings. The molecule has 2 atom stereocenters. The van der Waals surface area contributed by atoms with Crippen molar-refractivity contribution in [2.75, 3.05) is 13.6 Å². The number of rotatable bonds is 12. The highest BCUT2D eigenvalue weighted by Gasteiger charge is 2.42. The van der Waals surface area contributed by atoms with Gasteiger partial charge in [-0.1, -0.05) is 0 Å². The molecule has 5 rings (SSSR count). The van der Waals surface area contributed by atoms with Crippen LogP contribution in [0.2, 0.25) is 0 Å². The van der Waals surface area contributed by atoms with E-state index in [9.17, 15) is 36.3 Å². The number of carbonyl (C=O) groups is 3. The van der Waals surface area contributed by atoms with Gasteiger partial charge in [0.2, 0.25) is 17.7 Å². The quantitative estimate of drug-likeness (QED) is 0.282. The van der Waals surface area contributed by atoms with Gasteiger partial charge in [-0.15, -0.1) is 5.10 Å². The molecule has 2 saturated carbocycles. The van der Waals surface area contributed by atoms with E-state index in [1.165, 1.54) is 27.3 Å². The summed E-state index contributed by atoms with van der Waals surface area (Å²) in [6, 6.07) is 1.13. The van der Waals surface area contributed by atoms with Gasteiger partial charge in [0.1, 0.15) is 5.69 Å². The van der Waals surface area contributed by atoms with Crippen molar-refractivity contribution in [3.05, 3.63) is 41.1 Å². The molecule has 0 radical (unpaired) electrons. The third kappa shape index (κ3) is 7.96. The second-order valence-electron chi connectivity index (χ2n) is 12.3. The Hall–Kier alpha value is -4.18. The van der Waals surface area contributed by atoms with Crippen molar-refractivity contribution >= 4 is 23.4 Å². The summed E-state index contributed by atoms with van der Waals surface area (Å²) in [7, 11) is 1.60. The van der Waals surface area contributed by atoms with Gasteiger partial charge in [-0.2, -0.15) is 28.2 Å². The minimum atomic E-state index is -4.45. The van der Waals surface area contributed by atoms with Gasteiger partial charge >= 0.3 is 6.18 Å². The van der Waals surface area contributed by atoms with Crippen molar-refractivity contribution in [1.82, 2.24) is 39.8 Å². The standard InChI is InChI=1S/C29H36F5N9O3/c1-16(44)41(2)11-12-43-39-25(26(40-43)27(35)46)23(17-5-8-28(30,31)9-6-17)20-15-42-21(37-20)13-19(14-36-42)24(18-3-4-18)38-22(45)7-10-29(32,33)34/h13-15,17-18,23-24H,3-12H2,1-2H3,(H2,35,46)(H,38,45)/t23-,24+/m0/s1. The molecule has 0 aliphatic heterocycles. The number of fused-ring (bicyclic) bond motifs is 1. The predicted octanol–water partition coefficient (Wildman–Crippen LogP) is 3.77. The highest BCUT2D eigenvalue weighted by atomic mass is 19.4. The van der Waals surface area contributed by atoms with Crippen LogP contribution in [-0.2, 0) is 16.1 Å². The molecule has 12 nitrogen and oxygen atoms in total. The lowest BCUT2D eigenvalue weighted by Crippen LogP contribution is -2.30. The molecule has 3 heterocycles. The molecule has 2 fully saturated rings. The summed E-state index contributed by atoms with van der Waals surface area (Å²) >= 11 is 0. The number of alkyl halides is 5. The Balaban J connectivity index is 1.48. The summed E-state index contributed by atoms with van der Waals surface area (Å²) in [6.45, 7) is 1.81. The first-order valence-electron chi connectivity index (χ1n) is 15.2. The van der Waals surface area contributed by atoms with E-state index in [1.54, 1.807) is 19.3 Å². The predicted molar refractivity (Wildman–Crippen MR) is 152 cm³/mol. The van der Waals surface area contributed by atoms with E-state index in [4.69, 9.17) is 10.7 Å². The Bertz CT molecular complexity index is 1590. The summed E-state index contributed by atoms with van der Waals surface area (Å²) < 4.78 is 67.9. The van der Waals surface area contributed by atoms with E-state index < -0.39 is 48.7 Å². The van der Waals surface area contributed by atoms with Gasteiger partial charge in [0.25, 0.3) is 5.91 Å². The fraction of sp³-hybridized carbons (Fsp3) is 0.621. The molecule has 0 aromatic carbocycles. The second kappa shape index (κ2) is 12.9. The molecule has 3 N–H and O–H groups in total. The summed E-state index contributed by atoms with van der Waals surface area (Å²) in [5.74, 6) is -5.66. The Morgan fingerprint density at radius 2 is 1.83 bits per heavy atom. The average molecular weight is 654 g/mol. The van der Waals surface area contributed by atoms with Crippen LogP contribution >= 0.6 is 0 Å². The molecule has 0 spiro atoms. The Labute approximate surface area is 260 Å². The van der Waals surface area contributed by atoms with Gasteiger partial charge in [-0.25, -0.2) is 18.3 Å². The minimum Gasteiger partial charge on any atom is -0.364 e. The number of primary amides is 1. The lowest BCUT2D eigenvalue weighted by atomic mass is 9.75. The normalized spacial score (nSPS) is 18.3. The summed E-state index contributed by atoms with van der Waals surface area (Å²) in [5.41, 5.74) is 7.06. The first-order chi connectivity index (χ1) is 21.6. The van der Waals surface area contributed by atoms with Crippen LogP contribution < -0.4 is 11.1 Å². The Morgan fingerprint density at radius 1 is 1.13 bits per heavy atom. The van der Waals surface area contributed by atoms with E-state index in [-0.39, 0.29) is 67.9 Å². The number of carbonyl (C=O) groups excluding carboxylic acids is 3. The van der Waals surface area contributed by atoms with Crippen LogP contribution in [0, 0.1) is 11.8 Å². The lowest BCUT2D eigenvalue weighted by Gasteiger charge is -2.32. The monoisotopic (exact) mass is 653 g/mol. The zero-order valence-electron chi connectivity index (χ0n) is 25.4. The van der Waals surface area contributed by atoms with Crippen LogP contribution in [0.3, 0.4) is 0 Å². The molecule has 3 aromatic rings. The van der Waals surface area contributed by atoms with Crippen molar-refractivity contribution in [3.63, 3.8) is 0 Å². The van der Waals surface area contributed by atoms with Gasteiger partial charge in [-0.05, 0) is 49.1 Å². The van der Waals surface area contributed by atoms with Crippen LogP contribution in [0.4, 0.5) is 22.0 Å². The maximum absolute atomic E-state index is 14.2. The number of aromatic nitrogens is 6. The van der Waals surface area contributed by atoms with Gasteiger partial charge in [0.15, 0.2) is 11.3 Å². The Kier molecular flexibility index (Phi) is 9.31. The fourth-order valence-electron chi connectivity index (χ4n) is 5.88. The maximum atomic E-state index is 14.2. The zero-order chi connectivity index (χ0) is 33.4. The zero-order valence-corrected chi connectivity index (χ0v) is 25.4. The van der Waals surface area contributed by atoms with E-state index in [1.807, 2.05) is 0 Å². The lowest BCUT2D eigenvalue weighted by molar-refractivity contribution is -0.144. The smallest absolute Gasteiger partial charge is 0.364 e. The number of halogens is 5. The van der Waals surface area contributed by atoms with Gasteiger partial charge < -0.3 is 16.0 Å². The fourth-order valence-corrected chi connectivity index (χ4v) is 5.88. The van der Waals surface area contributed by atoms with Crippen molar-refractivity contribution in [2.45, 2.75) is 88.9 Å². The molecular weight excluding hydrogens is 617 g/mol. The van der Waals surface area contributed by atoms with Gasteiger partial charge in [0, 0.05) is 39.8 Å². The van der Waals surface area contributed by atoms with Crippen LogP contribution in [0.15, 0.2) is 18.5 Å². The SMILES string of the molecule is CC(=O)N(C)CCn1nc(C(N)=O)c([C@H](c2cn3ncc([C@H](NC(=O)CCC(F)(F)F)C4CC4)cc3n2)C2CCC(F)(F)CC2)n1. The number of nitrogens with one attached hydrogen (secondary N) is 1. The van der Waals surface area contributed by atoms with Crippen LogP contribution in [0.5, 0.6) is 0 Å². The number of amides is 3. The third-order valence-electron chi connectivity index (χ3n) is 8.70. The third-order valence-corrected chi connectivity index (χ3v) is 8.70. The molecule has 0 bridgehead atoms. The molecular formula is C29H36F5N9O3. The molecule has 17 heteroatoms. The highest BCUT2D eigenvalue weighted by Crippen LogP contribution is 2.45. The summed E-state index contributed by atoms with van der Waals surface area (Å²) in [5, 5.41) is 16.0. The number of likely N-dealkylation sites (N-methyl/N-ethyl adjacent to an activating group) is 1. The number of hydrogen-bond donors (Lipinski definition) is 2. The van der Waals surface area contributed by atoms with Crippen LogP contribution in [0.25, 0.3) is 5.65 Å². The maximum Gasteiger partial charge on any atom is 0.389 e. The number of nitrogens with zero attached hydrogens (tertiary/aromatic N) is 7. The molecule has 3 amide bonds. The van der Waals surface area contributed by atoms with Crippen molar-refractivity contribution in [2.24, 2.45) is 17.6 Å². The van der Waals surface area contributed by atoms with Gasteiger partial charge in [-0.3, -0.25) is 14.4 Å². The first kappa shape index (κ1) is 33.2. The highest BCUT2D eigenvalue weighted by molar-refractivity contribution is 5.92. The Morgan fingerprint density at radius 3 is 2.43 bits per heavy atom. The number of nitrogens with two attached hydrogens (primary N) is 1. The summed E-state index contributed by atoms with van der Waals surface area (Å²) in [4.78, 5) is 44.0. The number of imidazole rings is 1. The van der Waals surface area contributed by atoms with Gasteiger partial charge in [0.05, 0.1) is 43.0 Å². The van der Waals surface area contributed by atoms with Crippen molar-refractivity contribution in [3.8, 4) is 0 Å². The molecule has 46 heavy (non-hydrogen) atoms. The average Bonchev–Trinajstić information content (AvgIpc) is 3.59. The first-order valence-corrected chi connectivity index (χ1v) is 15.2. The molecule has 0 unspecified atom stereocenters. The van der Waals surface area contributed by atoms with Crippen molar-refractivity contribution in [1.29, 1.82) is 0 Å². The number of hydrogen-bond acceptors (Lipinski definition) is 7. The topological polar surface area (TPSA) is 153 Å². The van der Waals surface area contributed by atoms with Crippen molar-refractivity contribution < 1.29 is 36.3 Å². The largest absolute Gasteiger partial charge is 0.389 e. The minimum absolute atomic E-state index is 0.0420. The molecule has 2 aliphatic carbocycles. The molecule has 0 saturated heterocycles. The van der Waals surface area contributed by atoms with E-state index in [2.05, 4.69) is 20.6 Å². The van der Waals surface area contributed by atoms with Crippen LogP contribution in [-0.4, -0.2) is 77.9 Å². The molecule has 3 aromatic heterocycles.